The Morgan fingerprint density at radius 2 is 1.76 bits per heavy atom. The van der Waals surface area contributed by atoms with Crippen LogP contribution in [0.2, 0.25) is 5.02 Å². The van der Waals surface area contributed by atoms with E-state index in [1.807, 2.05) is 42.3 Å². The molecule has 38 heavy (non-hydrogen) atoms. The van der Waals surface area contributed by atoms with Crippen molar-refractivity contribution in [2.75, 3.05) is 42.3 Å². The van der Waals surface area contributed by atoms with Gasteiger partial charge in [0.1, 0.15) is 11.4 Å². The van der Waals surface area contributed by atoms with Crippen molar-refractivity contribution in [3.63, 3.8) is 0 Å². The minimum atomic E-state index is -1.11. The van der Waals surface area contributed by atoms with Gasteiger partial charge in [0.25, 0.3) is 0 Å². The van der Waals surface area contributed by atoms with Gasteiger partial charge in [-0.1, -0.05) is 54.1 Å². The number of aliphatic hydroxyl groups is 1. The monoisotopic (exact) mass is 552 g/mol. The quantitative estimate of drug-likeness (QED) is 0.413. The Balaban J connectivity index is 1.27. The van der Waals surface area contributed by atoms with Crippen LogP contribution in [0, 0.1) is 0 Å². The summed E-state index contributed by atoms with van der Waals surface area (Å²) < 4.78 is 19.6. The number of piperidine rings is 1. The molecule has 1 unspecified atom stereocenters. The molecule has 1 aromatic heterocycles. The Bertz CT molecular complexity index is 1280. The molecule has 1 aliphatic carbocycles. The van der Waals surface area contributed by atoms with Gasteiger partial charge in [0.05, 0.1) is 24.4 Å². The molecular weight excluding hydrogens is 520 g/mol. The normalized spacial score (nSPS) is 21.3. The average molecular weight is 553 g/mol. The minimum Gasteiger partial charge on any atom is -0.611 e. The predicted octanol–water partition coefficient (Wildman–Crippen LogP) is 4.47. The van der Waals surface area contributed by atoms with E-state index in [9.17, 15) is 9.66 Å². The minimum absolute atomic E-state index is 0.0658. The third-order valence-corrected chi connectivity index (χ3v) is 10.1. The summed E-state index contributed by atoms with van der Waals surface area (Å²) in [4.78, 5) is 14.9. The zero-order valence-corrected chi connectivity index (χ0v) is 23.2. The summed E-state index contributed by atoms with van der Waals surface area (Å²) in [5.74, 6) is 1.96. The molecule has 2 fully saturated rings. The standard InChI is InChI=1S/C29H33ClN4O3S/c1-33(28(20-35)12-13-28)26-25-24(11-18-38(25)36)31-27(32-26)34-16-14-29(15-17-34,22-7-9-23(30)10-8-22)37-19-21-5-3-2-4-6-21/h2-10,35H,11-20H2,1H3. The Hall–Kier alpha value is -2.36. The molecule has 2 aromatic carbocycles. The molecule has 3 aromatic rings. The summed E-state index contributed by atoms with van der Waals surface area (Å²) in [7, 11) is 1.96. The van der Waals surface area contributed by atoms with Crippen LogP contribution in [0.3, 0.4) is 0 Å². The fourth-order valence-corrected chi connectivity index (χ4v) is 7.14. The summed E-state index contributed by atoms with van der Waals surface area (Å²) in [5, 5.41) is 10.8. The SMILES string of the molecule is CN(c1nc(N2CCC(OCc3ccccc3)(c3ccc(Cl)cc3)CC2)nc2c1[S+]([O-])CC2)C1(CO)CC1. The lowest BCUT2D eigenvalue weighted by atomic mass is 9.84. The number of aliphatic hydroxyl groups excluding tert-OH is 1. The second-order valence-electron chi connectivity index (χ2n) is 10.6. The number of rotatable bonds is 8. The molecule has 6 rings (SSSR count). The van der Waals surface area contributed by atoms with E-state index < -0.39 is 16.8 Å². The molecule has 7 nitrogen and oxygen atoms in total. The number of anilines is 2. The lowest BCUT2D eigenvalue weighted by Gasteiger charge is -2.42. The van der Waals surface area contributed by atoms with Gasteiger partial charge in [-0.2, -0.15) is 4.98 Å². The molecule has 2 aliphatic heterocycles. The molecular formula is C29H33ClN4O3S. The fraction of sp³-hybridized carbons (Fsp3) is 0.448. The fourth-order valence-electron chi connectivity index (χ4n) is 5.64. The van der Waals surface area contributed by atoms with E-state index in [0.717, 1.165) is 60.5 Å². The van der Waals surface area contributed by atoms with Crippen LogP contribution in [0.15, 0.2) is 59.5 Å². The van der Waals surface area contributed by atoms with Gasteiger partial charge < -0.3 is 24.2 Å². The van der Waals surface area contributed by atoms with E-state index in [-0.39, 0.29) is 12.1 Å². The van der Waals surface area contributed by atoms with Crippen LogP contribution in [0.5, 0.6) is 0 Å². The van der Waals surface area contributed by atoms with Gasteiger partial charge in [-0.25, -0.2) is 4.98 Å². The summed E-state index contributed by atoms with van der Waals surface area (Å²) in [5.41, 5.74) is 2.40. The van der Waals surface area contributed by atoms with Crippen LogP contribution >= 0.6 is 11.6 Å². The number of halogens is 1. The van der Waals surface area contributed by atoms with Crippen molar-refractivity contribution in [2.24, 2.45) is 0 Å². The maximum atomic E-state index is 12.9. The predicted molar refractivity (Wildman–Crippen MR) is 150 cm³/mol. The zero-order chi connectivity index (χ0) is 26.3. The molecule has 0 radical (unpaired) electrons. The number of benzene rings is 2. The van der Waals surface area contributed by atoms with Crippen LogP contribution in [0.25, 0.3) is 0 Å². The van der Waals surface area contributed by atoms with E-state index in [1.54, 1.807) is 0 Å². The summed E-state index contributed by atoms with van der Waals surface area (Å²) in [6.45, 7) is 2.06. The maximum Gasteiger partial charge on any atom is 0.227 e. The van der Waals surface area contributed by atoms with Crippen molar-refractivity contribution in [3.8, 4) is 0 Å². The maximum absolute atomic E-state index is 12.9. The molecule has 3 aliphatic rings. The van der Waals surface area contributed by atoms with Crippen LogP contribution < -0.4 is 9.80 Å². The Morgan fingerprint density at radius 3 is 2.42 bits per heavy atom. The Kier molecular flexibility index (Phi) is 7.03. The second kappa shape index (κ2) is 10.3. The lowest BCUT2D eigenvalue weighted by Crippen LogP contribution is -2.45. The number of aryl methyl sites for hydroxylation is 1. The third-order valence-electron chi connectivity index (χ3n) is 8.39. The molecule has 9 heteroatoms. The zero-order valence-electron chi connectivity index (χ0n) is 21.6. The van der Waals surface area contributed by atoms with E-state index in [4.69, 9.17) is 26.3 Å². The smallest absolute Gasteiger partial charge is 0.227 e. The van der Waals surface area contributed by atoms with Crippen molar-refractivity contribution < 1.29 is 14.4 Å². The van der Waals surface area contributed by atoms with E-state index in [1.165, 1.54) is 0 Å². The van der Waals surface area contributed by atoms with Gasteiger partial charge in [0, 0.05) is 31.6 Å². The molecule has 1 atom stereocenters. The summed E-state index contributed by atoms with van der Waals surface area (Å²) >= 11 is 5.10. The first-order chi connectivity index (χ1) is 18.4. The van der Waals surface area contributed by atoms with Crippen LogP contribution in [0.1, 0.15) is 42.5 Å². The van der Waals surface area contributed by atoms with Crippen LogP contribution in [-0.2, 0) is 34.5 Å². The highest BCUT2D eigenvalue weighted by Gasteiger charge is 2.49. The van der Waals surface area contributed by atoms with Gasteiger partial charge in [-0.05, 0) is 60.1 Å². The second-order valence-corrected chi connectivity index (χ2v) is 12.6. The van der Waals surface area contributed by atoms with E-state index in [0.29, 0.717) is 35.6 Å². The third kappa shape index (κ3) is 4.77. The van der Waals surface area contributed by atoms with E-state index >= 15 is 0 Å². The van der Waals surface area contributed by atoms with Gasteiger partial charge in [-0.3, -0.25) is 0 Å². The number of fused-ring (bicyclic) bond motifs is 1. The first-order valence-corrected chi connectivity index (χ1v) is 15.0. The molecule has 1 N–H and O–H groups in total. The first-order valence-electron chi connectivity index (χ1n) is 13.3. The number of nitrogens with zero attached hydrogens (tertiary/aromatic N) is 4. The van der Waals surface area contributed by atoms with Crippen molar-refractivity contribution >= 4 is 34.5 Å². The number of hydrogen-bond acceptors (Lipinski definition) is 7. The average Bonchev–Trinajstić information content (AvgIpc) is 3.68. The topological polar surface area (TPSA) is 84.8 Å². The Morgan fingerprint density at radius 1 is 1.05 bits per heavy atom. The number of likely N-dealkylation sites (N-methyl/N-ethyl adjacent to an activating group) is 1. The van der Waals surface area contributed by atoms with Crippen LogP contribution in [-0.4, -0.2) is 57.7 Å². The highest BCUT2D eigenvalue weighted by molar-refractivity contribution is 7.91. The molecule has 0 spiro atoms. The molecule has 0 bridgehead atoms. The van der Waals surface area contributed by atoms with Crippen molar-refractivity contribution in [2.45, 2.75) is 54.7 Å². The van der Waals surface area contributed by atoms with Gasteiger partial charge in [0.15, 0.2) is 5.82 Å². The van der Waals surface area contributed by atoms with Gasteiger partial charge in [-0.15, -0.1) is 0 Å². The van der Waals surface area contributed by atoms with Crippen molar-refractivity contribution in [3.05, 3.63) is 76.4 Å². The Labute approximate surface area is 232 Å². The lowest BCUT2D eigenvalue weighted by molar-refractivity contribution is -0.0785. The van der Waals surface area contributed by atoms with Gasteiger partial charge in [0.2, 0.25) is 10.8 Å². The molecule has 3 heterocycles. The molecule has 0 amide bonds. The molecule has 1 saturated carbocycles. The summed E-state index contributed by atoms with van der Waals surface area (Å²) in [6, 6.07) is 18.3. The number of ether oxygens (including phenoxy) is 1. The van der Waals surface area contributed by atoms with E-state index in [2.05, 4.69) is 29.2 Å². The highest BCUT2D eigenvalue weighted by atomic mass is 35.5. The van der Waals surface area contributed by atoms with Gasteiger partial charge >= 0.3 is 0 Å². The van der Waals surface area contributed by atoms with Crippen molar-refractivity contribution in [1.82, 2.24) is 9.97 Å². The number of aromatic nitrogens is 2. The number of hydrogen-bond donors (Lipinski definition) is 1. The highest BCUT2D eigenvalue weighted by Crippen LogP contribution is 2.46. The largest absolute Gasteiger partial charge is 0.611 e. The first kappa shape index (κ1) is 25.9. The van der Waals surface area contributed by atoms with Crippen molar-refractivity contribution in [1.29, 1.82) is 0 Å². The molecule has 1 saturated heterocycles. The van der Waals surface area contributed by atoms with Crippen LogP contribution in [0.4, 0.5) is 11.8 Å². The summed E-state index contributed by atoms with van der Waals surface area (Å²) in [6.07, 6.45) is 4.06. The molecule has 200 valence electrons.